The number of carbonyl (C=O) groups is 1. The average Bonchev–Trinajstić information content (AvgIpc) is 2.52. The lowest BCUT2D eigenvalue weighted by Gasteiger charge is -2.27. The molecule has 122 valence electrons. The molecule has 1 saturated heterocycles. The van der Waals surface area contributed by atoms with Crippen LogP contribution >= 0.6 is 15.9 Å². The van der Waals surface area contributed by atoms with Gasteiger partial charge in [-0.05, 0) is 31.2 Å². The molecule has 1 fully saturated rings. The minimum absolute atomic E-state index is 0.0826. The van der Waals surface area contributed by atoms with Crippen molar-refractivity contribution in [2.75, 3.05) is 45.9 Å². The van der Waals surface area contributed by atoms with Crippen molar-refractivity contribution in [3.05, 3.63) is 28.5 Å². The maximum absolute atomic E-state index is 13.5. The van der Waals surface area contributed by atoms with Crippen LogP contribution in [0.15, 0.2) is 22.7 Å². The van der Waals surface area contributed by atoms with Gasteiger partial charge in [0, 0.05) is 37.2 Å². The molecule has 0 aromatic heterocycles. The number of rotatable bonds is 7. The lowest BCUT2D eigenvalue weighted by atomic mass is 10.3. The zero-order valence-electron chi connectivity index (χ0n) is 12.4. The van der Waals surface area contributed by atoms with Crippen LogP contribution in [0.2, 0.25) is 0 Å². The number of nitrogens with one attached hydrogen (secondary N) is 2. The van der Waals surface area contributed by atoms with Crippen molar-refractivity contribution in [3.63, 3.8) is 0 Å². The third-order valence-corrected chi connectivity index (χ3v) is 3.93. The summed E-state index contributed by atoms with van der Waals surface area (Å²) in [6.07, 6.45) is 0.901. The molecule has 0 aliphatic carbocycles. The summed E-state index contributed by atoms with van der Waals surface area (Å²) in [7, 11) is 0. The predicted molar refractivity (Wildman–Crippen MR) is 86.5 cm³/mol. The molecule has 1 amide bonds. The topological polar surface area (TPSA) is 53.6 Å². The van der Waals surface area contributed by atoms with Gasteiger partial charge in [-0.15, -0.1) is 0 Å². The fraction of sp³-hybridized carbons (Fsp3) is 0.533. The fourth-order valence-corrected chi connectivity index (χ4v) is 2.58. The second-order valence-corrected chi connectivity index (χ2v) is 6.07. The number of ether oxygens (including phenoxy) is 1. The van der Waals surface area contributed by atoms with E-state index in [4.69, 9.17) is 4.74 Å². The molecule has 1 heterocycles. The first-order valence-electron chi connectivity index (χ1n) is 7.43. The number of halogens is 2. The predicted octanol–water partition coefficient (Wildman–Crippen LogP) is 1.38. The van der Waals surface area contributed by atoms with Crippen LogP contribution in [0.5, 0.6) is 5.75 Å². The Morgan fingerprint density at radius 1 is 1.41 bits per heavy atom. The minimum Gasteiger partial charge on any atom is -0.481 e. The number of piperazine rings is 1. The Balaban J connectivity index is 1.59. The molecule has 1 aromatic carbocycles. The van der Waals surface area contributed by atoms with E-state index in [0.29, 0.717) is 11.0 Å². The Hall–Kier alpha value is -1.18. The van der Waals surface area contributed by atoms with Crippen molar-refractivity contribution in [2.45, 2.75) is 6.42 Å². The van der Waals surface area contributed by atoms with Crippen molar-refractivity contribution in [3.8, 4) is 5.75 Å². The second-order valence-electron chi connectivity index (χ2n) is 5.16. The van der Waals surface area contributed by atoms with E-state index >= 15 is 0 Å². The number of nitrogens with zero attached hydrogens (tertiary/aromatic N) is 1. The summed E-state index contributed by atoms with van der Waals surface area (Å²) in [6, 6.07) is 4.47. The first-order valence-corrected chi connectivity index (χ1v) is 8.22. The van der Waals surface area contributed by atoms with Gasteiger partial charge < -0.3 is 20.3 Å². The van der Waals surface area contributed by atoms with Crippen molar-refractivity contribution in [1.29, 1.82) is 0 Å². The third kappa shape index (κ3) is 5.90. The van der Waals surface area contributed by atoms with Crippen molar-refractivity contribution in [1.82, 2.24) is 15.5 Å². The molecule has 22 heavy (non-hydrogen) atoms. The van der Waals surface area contributed by atoms with Crippen LogP contribution in [0.4, 0.5) is 4.39 Å². The first-order chi connectivity index (χ1) is 10.6. The van der Waals surface area contributed by atoms with Crippen LogP contribution in [-0.4, -0.2) is 56.7 Å². The zero-order valence-corrected chi connectivity index (χ0v) is 14.0. The van der Waals surface area contributed by atoms with E-state index in [9.17, 15) is 9.18 Å². The highest BCUT2D eigenvalue weighted by atomic mass is 79.9. The van der Waals surface area contributed by atoms with Crippen molar-refractivity contribution >= 4 is 21.8 Å². The first kappa shape index (κ1) is 17.2. The van der Waals surface area contributed by atoms with Crippen LogP contribution in [0.25, 0.3) is 0 Å². The molecule has 0 spiro atoms. The number of hydrogen-bond donors (Lipinski definition) is 2. The molecular formula is C15H21BrFN3O2. The lowest BCUT2D eigenvalue weighted by molar-refractivity contribution is -0.123. The van der Waals surface area contributed by atoms with Crippen LogP contribution < -0.4 is 15.4 Å². The molecule has 2 N–H and O–H groups in total. The van der Waals surface area contributed by atoms with Gasteiger partial charge in [0.15, 0.2) is 18.2 Å². The lowest BCUT2D eigenvalue weighted by Crippen LogP contribution is -2.44. The fourth-order valence-electron chi connectivity index (χ4n) is 2.25. The van der Waals surface area contributed by atoms with E-state index in [1.807, 2.05) is 0 Å². The van der Waals surface area contributed by atoms with E-state index in [2.05, 4.69) is 31.5 Å². The molecule has 0 saturated carbocycles. The van der Waals surface area contributed by atoms with E-state index in [-0.39, 0.29) is 18.3 Å². The van der Waals surface area contributed by atoms with E-state index in [0.717, 1.165) is 39.1 Å². The molecule has 0 unspecified atom stereocenters. The summed E-state index contributed by atoms with van der Waals surface area (Å²) in [5.41, 5.74) is 0. The molecule has 0 atom stereocenters. The van der Waals surface area contributed by atoms with Gasteiger partial charge >= 0.3 is 0 Å². The van der Waals surface area contributed by atoms with Gasteiger partial charge in [-0.1, -0.05) is 15.9 Å². The Morgan fingerprint density at radius 3 is 2.91 bits per heavy atom. The normalized spacial score (nSPS) is 15.5. The van der Waals surface area contributed by atoms with E-state index in [1.54, 1.807) is 6.07 Å². The van der Waals surface area contributed by atoms with E-state index < -0.39 is 5.82 Å². The van der Waals surface area contributed by atoms with Gasteiger partial charge in [0.05, 0.1) is 0 Å². The summed E-state index contributed by atoms with van der Waals surface area (Å²) in [4.78, 5) is 14.0. The van der Waals surface area contributed by atoms with Crippen LogP contribution in [0, 0.1) is 5.82 Å². The number of hydrogen-bond acceptors (Lipinski definition) is 4. The van der Waals surface area contributed by atoms with Gasteiger partial charge in [0.25, 0.3) is 5.91 Å². The highest BCUT2D eigenvalue weighted by molar-refractivity contribution is 9.10. The third-order valence-electron chi connectivity index (χ3n) is 3.44. The second kappa shape index (κ2) is 9.07. The van der Waals surface area contributed by atoms with Crippen LogP contribution in [0.1, 0.15) is 6.42 Å². The molecule has 2 rings (SSSR count). The zero-order chi connectivity index (χ0) is 15.8. The van der Waals surface area contributed by atoms with Crippen LogP contribution in [-0.2, 0) is 4.79 Å². The summed E-state index contributed by atoms with van der Waals surface area (Å²) < 4.78 is 19.3. The summed E-state index contributed by atoms with van der Waals surface area (Å²) >= 11 is 3.17. The van der Waals surface area contributed by atoms with Gasteiger partial charge in [-0.25, -0.2) is 4.39 Å². The molecule has 1 aromatic rings. The standard InChI is InChI=1S/C15H21BrFN3O2/c16-12-2-3-14(13(17)10-12)22-11-15(21)19-4-1-7-20-8-5-18-6-9-20/h2-3,10,18H,1,4-9,11H2,(H,19,21). The largest absolute Gasteiger partial charge is 0.481 e. The number of carbonyl (C=O) groups excluding carboxylic acids is 1. The summed E-state index contributed by atoms with van der Waals surface area (Å²) in [5, 5.41) is 6.09. The van der Waals surface area contributed by atoms with E-state index in [1.165, 1.54) is 12.1 Å². The molecule has 0 radical (unpaired) electrons. The maximum Gasteiger partial charge on any atom is 0.257 e. The molecule has 1 aliphatic heterocycles. The number of benzene rings is 1. The Labute approximate surface area is 138 Å². The van der Waals surface area contributed by atoms with Gasteiger partial charge in [0.1, 0.15) is 0 Å². The molecule has 1 aliphatic rings. The quantitative estimate of drug-likeness (QED) is 0.709. The smallest absolute Gasteiger partial charge is 0.257 e. The Kier molecular flexibility index (Phi) is 7.08. The maximum atomic E-state index is 13.5. The van der Waals surface area contributed by atoms with Gasteiger partial charge in [0.2, 0.25) is 0 Å². The Bertz CT molecular complexity index is 496. The monoisotopic (exact) mass is 373 g/mol. The Morgan fingerprint density at radius 2 is 2.18 bits per heavy atom. The minimum atomic E-state index is -0.485. The van der Waals surface area contributed by atoms with Crippen LogP contribution in [0.3, 0.4) is 0 Å². The highest BCUT2D eigenvalue weighted by Crippen LogP contribution is 2.21. The van der Waals surface area contributed by atoms with Crippen molar-refractivity contribution in [2.24, 2.45) is 0 Å². The summed E-state index contributed by atoms with van der Waals surface area (Å²) in [6.45, 7) is 5.57. The summed E-state index contributed by atoms with van der Waals surface area (Å²) in [5.74, 6) is -0.636. The SMILES string of the molecule is O=C(COc1ccc(Br)cc1F)NCCCN1CCNCC1. The van der Waals surface area contributed by atoms with Gasteiger partial charge in [-0.3, -0.25) is 4.79 Å². The molecular weight excluding hydrogens is 353 g/mol. The number of amides is 1. The highest BCUT2D eigenvalue weighted by Gasteiger charge is 2.09. The van der Waals surface area contributed by atoms with Gasteiger partial charge in [-0.2, -0.15) is 0 Å². The molecule has 7 heteroatoms. The molecule has 0 bridgehead atoms. The average molecular weight is 374 g/mol. The van der Waals surface area contributed by atoms with Crippen molar-refractivity contribution < 1.29 is 13.9 Å². The molecule has 5 nitrogen and oxygen atoms in total.